The summed E-state index contributed by atoms with van der Waals surface area (Å²) in [5, 5.41) is 12.1. The Morgan fingerprint density at radius 3 is 2.56 bits per heavy atom. The third-order valence-corrected chi connectivity index (χ3v) is 4.07. The van der Waals surface area contributed by atoms with E-state index in [-0.39, 0.29) is 5.92 Å². The lowest BCUT2D eigenvalue weighted by Crippen LogP contribution is -3.11. The standard InChI is InChI=1S/C13H15Cl2NO2/c14-11-2-1-10(12(15)7-11)8-16-5-3-9(4-6-16)13(17)18/h1-2,7,9H,3-6,8H2,(H,17,18). The number of carboxylic acids is 1. The first-order valence-electron chi connectivity index (χ1n) is 6.04. The highest BCUT2D eigenvalue weighted by molar-refractivity contribution is 6.35. The summed E-state index contributed by atoms with van der Waals surface area (Å²) in [7, 11) is 0. The Balaban J connectivity index is 1.93. The fraction of sp³-hybridized carbons (Fsp3) is 0.462. The van der Waals surface area contributed by atoms with Crippen LogP contribution in [0.5, 0.6) is 0 Å². The van der Waals surface area contributed by atoms with Crippen LogP contribution in [-0.4, -0.2) is 19.1 Å². The van der Waals surface area contributed by atoms with Crippen molar-refractivity contribution in [3.8, 4) is 0 Å². The van der Waals surface area contributed by atoms with E-state index in [1.165, 1.54) is 4.90 Å². The van der Waals surface area contributed by atoms with E-state index in [1.807, 2.05) is 12.1 Å². The first-order chi connectivity index (χ1) is 8.56. The number of aliphatic carboxylic acids is 1. The largest absolute Gasteiger partial charge is 0.550 e. The molecule has 3 nitrogen and oxygen atoms in total. The van der Waals surface area contributed by atoms with E-state index in [1.54, 1.807) is 6.07 Å². The van der Waals surface area contributed by atoms with Crippen LogP contribution in [-0.2, 0) is 11.3 Å². The van der Waals surface area contributed by atoms with Gasteiger partial charge in [0.05, 0.1) is 18.1 Å². The molecule has 0 aromatic heterocycles. The molecule has 0 spiro atoms. The third kappa shape index (κ3) is 3.37. The fourth-order valence-corrected chi connectivity index (χ4v) is 2.85. The molecule has 0 aliphatic carbocycles. The number of piperidine rings is 1. The molecule has 0 bridgehead atoms. The second kappa shape index (κ2) is 5.91. The summed E-state index contributed by atoms with van der Waals surface area (Å²) >= 11 is 12.0. The van der Waals surface area contributed by atoms with Gasteiger partial charge in [-0.1, -0.05) is 29.3 Å². The number of likely N-dealkylation sites (tertiary alicyclic amines) is 1. The minimum atomic E-state index is -0.918. The zero-order valence-electron chi connectivity index (χ0n) is 9.92. The molecule has 1 heterocycles. The maximum absolute atomic E-state index is 10.8. The maximum Gasteiger partial charge on any atom is 0.104 e. The molecule has 0 atom stereocenters. The SMILES string of the molecule is O=C([O-])C1CC[NH+](Cc2ccc(Cl)cc2Cl)CC1. The highest BCUT2D eigenvalue weighted by atomic mass is 35.5. The summed E-state index contributed by atoms with van der Waals surface area (Å²) in [5.74, 6) is -1.20. The summed E-state index contributed by atoms with van der Waals surface area (Å²) in [6.45, 7) is 2.50. The summed E-state index contributed by atoms with van der Waals surface area (Å²) < 4.78 is 0. The van der Waals surface area contributed by atoms with Crippen LogP contribution < -0.4 is 10.0 Å². The van der Waals surface area contributed by atoms with Gasteiger partial charge in [0.1, 0.15) is 6.54 Å². The number of halogens is 2. The van der Waals surface area contributed by atoms with Crippen molar-refractivity contribution in [2.75, 3.05) is 13.1 Å². The predicted molar refractivity (Wildman–Crippen MR) is 68.6 cm³/mol. The van der Waals surface area contributed by atoms with Gasteiger partial charge in [-0.05, 0) is 12.1 Å². The molecule has 98 valence electrons. The Morgan fingerprint density at radius 1 is 1.33 bits per heavy atom. The van der Waals surface area contributed by atoms with Crippen LogP contribution in [0.2, 0.25) is 10.0 Å². The number of hydrogen-bond acceptors (Lipinski definition) is 2. The van der Waals surface area contributed by atoms with Crippen molar-refractivity contribution in [3.63, 3.8) is 0 Å². The Morgan fingerprint density at radius 2 is 2.00 bits per heavy atom. The Labute approximate surface area is 116 Å². The van der Waals surface area contributed by atoms with Crippen molar-refractivity contribution in [2.24, 2.45) is 5.92 Å². The fourth-order valence-electron chi connectivity index (χ4n) is 2.37. The van der Waals surface area contributed by atoms with Crippen molar-refractivity contribution in [1.29, 1.82) is 0 Å². The van der Waals surface area contributed by atoms with Crippen molar-refractivity contribution >= 4 is 29.2 Å². The minimum Gasteiger partial charge on any atom is -0.550 e. The first-order valence-corrected chi connectivity index (χ1v) is 6.80. The van der Waals surface area contributed by atoms with Crippen LogP contribution in [0.25, 0.3) is 0 Å². The van der Waals surface area contributed by atoms with E-state index in [4.69, 9.17) is 23.2 Å². The van der Waals surface area contributed by atoms with Gasteiger partial charge in [-0.15, -0.1) is 0 Å². The Bertz CT molecular complexity index is 443. The quantitative estimate of drug-likeness (QED) is 0.882. The Kier molecular flexibility index (Phi) is 4.49. The number of rotatable bonds is 3. The van der Waals surface area contributed by atoms with Crippen molar-refractivity contribution < 1.29 is 14.8 Å². The lowest BCUT2D eigenvalue weighted by Gasteiger charge is -2.29. The highest BCUT2D eigenvalue weighted by Crippen LogP contribution is 2.20. The first kappa shape index (κ1) is 13.7. The topological polar surface area (TPSA) is 44.6 Å². The van der Waals surface area contributed by atoms with Crippen LogP contribution in [0.4, 0.5) is 0 Å². The van der Waals surface area contributed by atoms with E-state index in [0.717, 1.165) is 25.2 Å². The molecule has 1 saturated heterocycles. The molecule has 2 rings (SSSR count). The van der Waals surface area contributed by atoms with Gasteiger partial charge in [0.25, 0.3) is 0 Å². The van der Waals surface area contributed by atoms with Crippen LogP contribution in [0, 0.1) is 5.92 Å². The molecule has 5 heteroatoms. The van der Waals surface area contributed by atoms with Gasteiger partial charge >= 0.3 is 0 Å². The number of quaternary nitrogens is 1. The molecular formula is C13H15Cl2NO2. The molecule has 18 heavy (non-hydrogen) atoms. The van der Waals surface area contributed by atoms with Gasteiger partial charge in [0, 0.05) is 35.3 Å². The van der Waals surface area contributed by atoms with E-state index in [9.17, 15) is 9.90 Å². The normalized spacial score (nSPS) is 23.9. The number of nitrogens with one attached hydrogen (secondary N) is 1. The molecule has 0 amide bonds. The summed E-state index contributed by atoms with van der Waals surface area (Å²) in [6, 6.07) is 5.50. The summed E-state index contributed by atoms with van der Waals surface area (Å²) in [6.07, 6.45) is 1.37. The molecule has 1 aromatic carbocycles. The van der Waals surface area contributed by atoms with E-state index in [2.05, 4.69) is 0 Å². The van der Waals surface area contributed by atoms with Gasteiger partial charge in [0.2, 0.25) is 0 Å². The lowest BCUT2D eigenvalue weighted by atomic mass is 9.97. The zero-order chi connectivity index (χ0) is 13.1. The van der Waals surface area contributed by atoms with Crippen LogP contribution in [0.1, 0.15) is 18.4 Å². The van der Waals surface area contributed by atoms with Crippen molar-refractivity contribution in [2.45, 2.75) is 19.4 Å². The molecule has 1 fully saturated rings. The summed E-state index contributed by atoms with van der Waals surface area (Å²) in [4.78, 5) is 12.1. The highest BCUT2D eigenvalue weighted by Gasteiger charge is 2.23. The smallest absolute Gasteiger partial charge is 0.104 e. The third-order valence-electron chi connectivity index (χ3n) is 3.48. The maximum atomic E-state index is 10.8. The monoisotopic (exact) mass is 287 g/mol. The molecule has 1 aromatic rings. The second-order valence-electron chi connectivity index (χ2n) is 4.76. The summed E-state index contributed by atoms with van der Waals surface area (Å²) in [5.41, 5.74) is 1.06. The van der Waals surface area contributed by atoms with Crippen molar-refractivity contribution in [1.82, 2.24) is 0 Å². The second-order valence-corrected chi connectivity index (χ2v) is 5.60. The van der Waals surface area contributed by atoms with Crippen LogP contribution in [0.3, 0.4) is 0 Å². The van der Waals surface area contributed by atoms with Gasteiger partial charge in [-0.25, -0.2) is 0 Å². The van der Waals surface area contributed by atoms with Gasteiger partial charge in [0.15, 0.2) is 0 Å². The van der Waals surface area contributed by atoms with Gasteiger partial charge < -0.3 is 14.8 Å². The van der Waals surface area contributed by atoms with Gasteiger partial charge in [-0.2, -0.15) is 0 Å². The van der Waals surface area contributed by atoms with Gasteiger partial charge in [-0.3, -0.25) is 0 Å². The number of hydrogen-bond donors (Lipinski definition) is 1. The van der Waals surface area contributed by atoms with Crippen molar-refractivity contribution in [3.05, 3.63) is 33.8 Å². The number of carbonyl (C=O) groups is 1. The zero-order valence-corrected chi connectivity index (χ0v) is 11.4. The molecule has 1 aliphatic heterocycles. The Hall–Kier alpha value is -0.770. The van der Waals surface area contributed by atoms with E-state index >= 15 is 0 Å². The van der Waals surface area contributed by atoms with Crippen LogP contribution in [0.15, 0.2) is 18.2 Å². The molecule has 1 N–H and O–H groups in total. The number of benzene rings is 1. The average molecular weight is 288 g/mol. The average Bonchev–Trinajstić information content (AvgIpc) is 2.33. The number of carbonyl (C=O) groups excluding carboxylic acids is 1. The predicted octanol–water partition coefficient (Wildman–Crippen LogP) is 0.538. The molecular weight excluding hydrogens is 273 g/mol. The van der Waals surface area contributed by atoms with E-state index in [0.29, 0.717) is 22.9 Å². The molecule has 1 aliphatic rings. The minimum absolute atomic E-state index is 0.283. The lowest BCUT2D eigenvalue weighted by molar-refractivity contribution is -0.919. The number of carboxylic acid groups (broad SMARTS) is 1. The molecule has 0 radical (unpaired) electrons. The molecule has 0 saturated carbocycles. The van der Waals surface area contributed by atoms with E-state index < -0.39 is 5.97 Å². The molecule has 0 unspecified atom stereocenters. The van der Waals surface area contributed by atoms with Crippen LogP contribution >= 0.6 is 23.2 Å².